The average Bonchev–Trinajstić information content (AvgIpc) is 3.95. The van der Waals surface area contributed by atoms with Crippen molar-refractivity contribution in [2.45, 2.75) is 160 Å². The SMILES string of the molecule is CCCC[C@H](NC(=O)[C@@H]1[C@@H]2[C@H](CN1C(=O)[C@@H](NC(=O)NC1(CS(=O)(=O)N(C)CC(F)(F)F)CCCCC1)C1(C)CCCCC1)C2(C)C)C(=O)C(=O)NC1CC1. The third kappa shape index (κ3) is 10.1. The molecule has 55 heavy (non-hydrogen) atoms. The molecule has 5 amide bonds. The van der Waals surface area contributed by atoms with Gasteiger partial charge in [-0.1, -0.05) is 79.1 Å². The Kier molecular flexibility index (Phi) is 12.9. The predicted molar refractivity (Wildman–Crippen MR) is 199 cm³/mol. The first-order valence-electron chi connectivity index (χ1n) is 20.2. The number of urea groups is 1. The maximum absolute atomic E-state index is 14.9. The number of carbonyl (C=O) groups excluding carboxylic acids is 5. The zero-order chi connectivity index (χ0) is 40.6. The summed E-state index contributed by atoms with van der Waals surface area (Å²) in [6, 6.07) is -3.94. The topological polar surface area (TPSA) is 174 Å². The third-order valence-corrected chi connectivity index (χ3v) is 15.1. The number of halogens is 3. The minimum absolute atomic E-state index is 0.00630. The van der Waals surface area contributed by atoms with E-state index in [2.05, 4.69) is 21.3 Å². The van der Waals surface area contributed by atoms with Crippen molar-refractivity contribution in [3.05, 3.63) is 0 Å². The van der Waals surface area contributed by atoms with Crippen LogP contribution >= 0.6 is 0 Å². The summed E-state index contributed by atoms with van der Waals surface area (Å²) >= 11 is 0. The van der Waals surface area contributed by atoms with E-state index in [1.807, 2.05) is 27.7 Å². The summed E-state index contributed by atoms with van der Waals surface area (Å²) in [6.45, 7) is 6.53. The molecule has 0 aromatic carbocycles. The van der Waals surface area contributed by atoms with Crippen molar-refractivity contribution in [2.75, 3.05) is 25.9 Å². The van der Waals surface area contributed by atoms with Crippen LogP contribution in [0.25, 0.3) is 0 Å². The lowest BCUT2D eigenvalue weighted by atomic mass is 9.70. The molecule has 5 aliphatic rings. The van der Waals surface area contributed by atoms with Crippen molar-refractivity contribution < 1.29 is 45.6 Å². The van der Waals surface area contributed by atoms with E-state index < -0.39 is 87.1 Å². The molecular formula is C38H61F3N6O7S. The van der Waals surface area contributed by atoms with E-state index in [4.69, 9.17) is 0 Å². The van der Waals surface area contributed by atoms with Crippen LogP contribution < -0.4 is 21.3 Å². The summed E-state index contributed by atoms with van der Waals surface area (Å²) in [5.41, 5.74) is -2.33. The third-order valence-electron chi connectivity index (χ3n) is 13.1. The zero-order valence-corrected chi connectivity index (χ0v) is 33.8. The number of unbranched alkanes of at least 4 members (excludes halogenated alkanes) is 1. The van der Waals surface area contributed by atoms with Crippen LogP contribution in [0.1, 0.15) is 124 Å². The standard InChI is InChI=1S/C38H61F3N6O7S/c1-6-7-14-26(29(48)32(50)42-24-15-16-24)43-31(49)28-27-25(35(27,2)3)21-47(28)33(51)30(36(4)17-10-8-11-18-36)44-34(52)45-37(19-12-9-13-20-37)23-55(53,54)46(5)22-38(39,40)41/h24-28,30H,6-23H2,1-5H3,(H,42,50)(H,43,49)(H2,44,45,52)/t25-,26-,27-,28-,30+/m0/s1. The van der Waals surface area contributed by atoms with Crippen molar-refractivity contribution in [3.8, 4) is 0 Å². The number of carbonyl (C=O) groups is 5. The second-order valence-corrected chi connectivity index (χ2v) is 20.0. The second kappa shape index (κ2) is 16.5. The van der Waals surface area contributed by atoms with Crippen molar-refractivity contribution in [2.24, 2.45) is 22.7 Å². The minimum atomic E-state index is -4.74. The van der Waals surface area contributed by atoms with E-state index in [0.29, 0.717) is 32.1 Å². The fourth-order valence-electron chi connectivity index (χ4n) is 9.49. The second-order valence-electron chi connectivity index (χ2n) is 17.9. The summed E-state index contributed by atoms with van der Waals surface area (Å²) in [5.74, 6) is -3.37. The highest BCUT2D eigenvalue weighted by Crippen LogP contribution is 2.65. The molecule has 4 aliphatic carbocycles. The van der Waals surface area contributed by atoms with Gasteiger partial charge in [-0.05, 0) is 67.6 Å². The van der Waals surface area contributed by atoms with Crippen LogP contribution in [0.5, 0.6) is 0 Å². The van der Waals surface area contributed by atoms with E-state index in [-0.39, 0.29) is 53.4 Å². The van der Waals surface area contributed by atoms with Gasteiger partial charge >= 0.3 is 12.2 Å². The van der Waals surface area contributed by atoms with Gasteiger partial charge in [0.05, 0.1) is 17.3 Å². The monoisotopic (exact) mass is 802 g/mol. The fraction of sp³-hybridized carbons (Fsp3) is 0.868. The number of hydrogen-bond donors (Lipinski definition) is 4. The van der Waals surface area contributed by atoms with Crippen LogP contribution in [0, 0.1) is 22.7 Å². The highest BCUT2D eigenvalue weighted by Gasteiger charge is 2.70. The molecule has 0 unspecified atom stereocenters. The first-order chi connectivity index (χ1) is 25.6. The molecule has 5 atom stereocenters. The lowest BCUT2D eigenvalue weighted by molar-refractivity contribution is -0.146. The van der Waals surface area contributed by atoms with Crippen molar-refractivity contribution in [1.29, 1.82) is 0 Å². The van der Waals surface area contributed by atoms with E-state index >= 15 is 0 Å². The summed E-state index contributed by atoms with van der Waals surface area (Å²) < 4.78 is 66.2. The molecule has 1 saturated heterocycles. The molecule has 0 aromatic rings. The maximum Gasteiger partial charge on any atom is 0.402 e. The Morgan fingerprint density at radius 3 is 2.07 bits per heavy atom. The highest BCUT2D eigenvalue weighted by molar-refractivity contribution is 7.89. The summed E-state index contributed by atoms with van der Waals surface area (Å²) in [6.07, 6.45) is 4.61. The molecular weight excluding hydrogens is 742 g/mol. The van der Waals surface area contributed by atoms with Gasteiger partial charge in [0.1, 0.15) is 18.6 Å². The number of sulfonamides is 1. The molecule has 1 aliphatic heterocycles. The molecule has 5 rings (SSSR count). The van der Waals surface area contributed by atoms with Gasteiger partial charge < -0.3 is 26.2 Å². The number of likely N-dealkylation sites (tertiary alicyclic amines) is 1. The molecule has 17 heteroatoms. The number of nitrogens with zero attached hydrogens (tertiary/aromatic N) is 2. The number of ketones is 1. The van der Waals surface area contributed by atoms with Crippen LogP contribution in [0.4, 0.5) is 18.0 Å². The van der Waals surface area contributed by atoms with Crippen LogP contribution in [0.3, 0.4) is 0 Å². The highest BCUT2D eigenvalue weighted by atomic mass is 32.2. The van der Waals surface area contributed by atoms with Gasteiger partial charge in [-0.3, -0.25) is 19.2 Å². The predicted octanol–water partition coefficient (Wildman–Crippen LogP) is 4.16. The summed E-state index contributed by atoms with van der Waals surface area (Å²) in [7, 11) is -3.57. The van der Waals surface area contributed by atoms with Crippen molar-refractivity contribution in [1.82, 2.24) is 30.5 Å². The number of fused-ring (bicyclic) bond motifs is 1. The average molecular weight is 803 g/mol. The van der Waals surface area contributed by atoms with Gasteiger partial charge in [0.25, 0.3) is 5.91 Å². The Balaban J connectivity index is 1.38. The van der Waals surface area contributed by atoms with Gasteiger partial charge in [-0.25, -0.2) is 13.2 Å². The van der Waals surface area contributed by atoms with Crippen molar-refractivity contribution in [3.63, 3.8) is 0 Å². The lowest BCUT2D eigenvalue weighted by Gasteiger charge is -2.44. The number of rotatable bonds is 16. The number of piperidine rings is 1. The first-order valence-corrected chi connectivity index (χ1v) is 21.8. The van der Waals surface area contributed by atoms with E-state index in [1.54, 1.807) is 0 Å². The number of nitrogens with one attached hydrogen (secondary N) is 4. The first kappa shape index (κ1) is 43.2. The Morgan fingerprint density at radius 2 is 1.51 bits per heavy atom. The summed E-state index contributed by atoms with van der Waals surface area (Å²) in [5, 5.41) is 11.3. The molecule has 1 heterocycles. The Hall–Kier alpha value is -2.95. The molecule has 4 saturated carbocycles. The molecule has 0 radical (unpaired) electrons. The number of alkyl halides is 3. The minimum Gasteiger partial charge on any atom is -0.347 e. The lowest BCUT2D eigenvalue weighted by Crippen LogP contribution is -2.65. The van der Waals surface area contributed by atoms with Crippen LogP contribution in [0.15, 0.2) is 0 Å². The van der Waals surface area contributed by atoms with Gasteiger partial charge in [0, 0.05) is 19.6 Å². The quantitative estimate of drug-likeness (QED) is 0.170. The van der Waals surface area contributed by atoms with Crippen LogP contribution in [-0.4, -0.2) is 109 Å². The zero-order valence-electron chi connectivity index (χ0n) is 33.0. The molecule has 0 spiro atoms. The molecule has 4 N–H and O–H groups in total. The van der Waals surface area contributed by atoms with Gasteiger partial charge in [0.15, 0.2) is 0 Å². The normalized spacial score (nSPS) is 26.6. The number of hydrogen-bond acceptors (Lipinski definition) is 7. The number of Topliss-reactive ketones (excluding diaryl/α,β-unsaturated/α-hetero) is 1. The molecule has 312 valence electrons. The Bertz CT molecular complexity index is 1570. The smallest absolute Gasteiger partial charge is 0.347 e. The van der Waals surface area contributed by atoms with Crippen molar-refractivity contribution >= 4 is 39.6 Å². The van der Waals surface area contributed by atoms with Gasteiger partial charge in [-0.2, -0.15) is 17.5 Å². The van der Waals surface area contributed by atoms with E-state index in [0.717, 1.165) is 52.0 Å². The fourth-order valence-corrected chi connectivity index (χ4v) is 11.1. The van der Waals surface area contributed by atoms with Crippen LogP contribution in [-0.2, 0) is 29.2 Å². The summed E-state index contributed by atoms with van der Waals surface area (Å²) in [4.78, 5) is 70.8. The van der Waals surface area contributed by atoms with Crippen LogP contribution in [0.2, 0.25) is 0 Å². The Labute approximate surface area is 323 Å². The molecule has 5 fully saturated rings. The van der Waals surface area contributed by atoms with E-state index in [9.17, 15) is 45.6 Å². The maximum atomic E-state index is 14.9. The molecule has 0 bridgehead atoms. The number of amides is 5. The molecule has 0 aromatic heterocycles. The van der Waals surface area contributed by atoms with Gasteiger partial charge in [0.2, 0.25) is 27.6 Å². The molecule has 13 nitrogen and oxygen atoms in total. The van der Waals surface area contributed by atoms with E-state index in [1.165, 1.54) is 4.90 Å². The largest absolute Gasteiger partial charge is 0.402 e. The Morgan fingerprint density at radius 1 is 0.909 bits per heavy atom. The van der Waals surface area contributed by atoms with Gasteiger partial charge in [-0.15, -0.1) is 0 Å².